The van der Waals surface area contributed by atoms with Crippen LogP contribution in [0.1, 0.15) is 12.1 Å². The smallest absolute Gasteiger partial charge is 0.239 e. The second-order valence-corrected chi connectivity index (χ2v) is 3.82. The largest absolute Gasteiger partial charge is 0.354 e. The van der Waals surface area contributed by atoms with E-state index in [0.717, 1.165) is 31.0 Å². The second kappa shape index (κ2) is 4.94. The molecule has 1 aromatic rings. The highest BCUT2D eigenvalue weighted by Gasteiger charge is 2.15. The second-order valence-electron chi connectivity index (χ2n) is 3.82. The molecule has 0 aliphatic carbocycles. The van der Waals surface area contributed by atoms with Crippen LogP contribution >= 0.6 is 0 Å². The number of nitrogens with zero attached hydrogens (tertiary/aromatic N) is 2. The molecule has 1 fully saturated rings. The molecule has 0 atom stereocenters. The number of nitrogens with two attached hydrogens (primary N) is 1. The summed E-state index contributed by atoms with van der Waals surface area (Å²) in [6, 6.07) is 5.73. The minimum Gasteiger partial charge on any atom is -0.354 e. The Morgan fingerprint density at radius 3 is 3.19 bits per heavy atom. The van der Waals surface area contributed by atoms with Crippen molar-refractivity contribution in [3.8, 4) is 0 Å². The average molecular weight is 220 g/mol. The summed E-state index contributed by atoms with van der Waals surface area (Å²) in [7, 11) is 0. The molecule has 1 aliphatic heterocycles. The molecule has 0 unspecified atom stereocenters. The summed E-state index contributed by atoms with van der Waals surface area (Å²) in [6.45, 7) is 2.39. The molecule has 0 radical (unpaired) electrons. The highest BCUT2D eigenvalue weighted by Crippen LogP contribution is 2.12. The van der Waals surface area contributed by atoms with Crippen LogP contribution in [0.25, 0.3) is 0 Å². The molecular weight excluding hydrogens is 204 g/mol. The summed E-state index contributed by atoms with van der Waals surface area (Å²) in [5, 5.41) is 2.84. The van der Waals surface area contributed by atoms with Gasteiger partial charge in [0.15, 0.2) is 0 Å². The Kier molecular flexibility index (Phi) is 3.36. The fourth-order valence-corrected chi connectivity index (χ4v) is 1.76. The SMILES string of the molecule is NCc1cccc(N2CCCNC(=O)C2)n1. The molecule has 0 saturated carbocycles. The van der Waals surface area contributed by atoms with Gasteiger partial charge in [0.1, 0.15) is 5.82 Å². The van der Waals surface area contributed by atoms with Crippen LogP contribution in [0.15, 0.2) is 18.2 Å². The quantitative estimate of drug-likeness (QED) is 0.728. The number of carbonyl (C=O) groups is 1. The number of pyridine rings is 1. The van der Waals surface area contributed by atoms with Gasteiger partial charge in [-0.1, -0.05) is 6.07 Å². The van der Waals surface area contributed by atoms with Gasteiger partial charge < -0.3 is 16.0 Å². The van der Waals surface area contributed by atoms with Gasteiger partial charge in [0, 0.05) is 19.6 Å². The zero-order valence-corrected chi connectivity index (χ0v) is 9.15. The third kappa shape index (κ3) is 2.49. The standard InChI is InChI=1S/C11H16N4O/c12-7-9-3-1-4-10(14-9)15-6-2-5-13-11(16)8-15/h1,3-4H,2,5-8,12H2,(H,13,16). The Bertz CT molecular complexity index is 380. The number of carbonyl (C=O) groups excluding carboxylic acids is 1. The molecule has 2 heterocycles. The molecule has 1 aromatic heterocycles. The van der Waals surface area contributed by atoms with Crippen molar-refractivity contribution < 1.29 is 4.79 Å². The molecule has 2 rings (SSSR count). The molecule has 0 aromatic carbocycles. The van der Waals surface area contributed by atoms with Gasteiger partial charge in [0.2, 0.25) is 5.91 Å². The molecule has 1 amide bonds. The average Bonchev–Trinajstić information content (AvgIpc) is 2.54. The third-order valence-corrected chi connectivity index (χ3v) is 2.59. The van der Waals surface area contributed by atoms with Crippen molar-refractivity contribution in [3.05, 3.63) is 23.9 Å². The Morgan fingerprint density at radius 2 is 2.38 bits per heavy atom. The summed E-state index contributed by atoms with van der Waals surface area (Å²) in [5.41, 5.74) is 6.40. The van der Waals surface area contributed by atoms with E-state index in [1.165, 1.54) is 0 Å². The van der Waals surface area contributed by atoms with Gasteiger partial charge in [-0.15, -0.1) is 0 Å². The summed E-state index contributed by atoms with van der Waals surface area (Å²) >= 11 is 0. The van der Waals surface area contributed by atoms with Crippen molar-refractivity contribution in [2.45, 2.75) is 13.0 Å². The molecule has 1 saturated heterocycles. The topological polar surface area (TPSA) is 71.2 Å². The normalized spacial score (nSPS) is 16.8. The van der Waals surface area contributed by atoms with Crippen LogP contribution in [-0.2, 0) is 11.3 Å². The Labute approximate surface area is 94.6 Å². The Hall–Kier alpha value is -1.62. The molecule has 5 nitrogen and oxygen atoms in total. The van der Waals surface area contributed by atoms with Gasteiger partial charge in [0.05, 0.1) is 12.2 Å². The van der Waals surface area contributed by atoms with E-state index in [1.54, 1.807) is 0 Å². The van der Waals surface area contributed by atoms with E-state index in [0.29, 0.717) is 13.1 Å². The summed E-state index contributed by atoms with van der Waals surface area (Å²) in [4.78, 5) is 17.8. The lowest BCUT2D eigenvalue weighted by Gasteiger charge is -2.20. The lowest BCUT2D eigenvalue weighted by molar-refractivity contribution is -0.119. The van der Waals surface area contributed by atoms with Crippen molar-refractivity contribution in [1.29, 1.82) is 0 Å². The number of rotatable bonds is 2. The summed E-state index contributed by atoms with van der Waals surface area (Å²) in [6.07, 6.45) is 0.945. The molecule has 16 heavy (non-hydrogen) atoms. The van der Waals surface area contributed by atoms with Crippen molar-refractivity contribution in [2.75, 3.05) is 24.5 Å². The first kappa shape index (κ1) is 10.9. The van der Waals surface area contributed by atoms with Crippen LogP contribution in [0.3, 0.4) is 0 Å². The highest BCUT2D eigenvalue weighted by atomic mass is 16.2. The first-order valence-corrected chi connectivity index (χ1v) is 5.47. The van der Waals surface area contributed by atoms with Crippen molar-refractivity contribution in [1.82, 2.24) is 10.3 Å². The predicted molar refractivity (Wildman–Crippen MR) is 62.0 cm³/mol. The van der Waals surface area contributed by atoms with E-state index in [4.69, 9.17) is 5.73 Å². The third-order valence-electron chi connectivity index (χ3n) is 2.59. The number of hydrogen-bond acceptors (Lipinski definition) is 4. The first-order chi connectivity index (χ1) is 7.79. The van der Waals surface area contributed by atoms with E-state index in [-0.39, 0.29) is 5.91 Å². The molecule has 1 aliphatic rings. The van der Waals surface area contributed by atoms with Crippen LogP contribution in [-0.4, -0.2) is 30.5 Å². The number of aromatic nitrogens is 1. The van der Waals surface area contributed by atoms with Gasteiger partial charge in [-0.05, 0) is 18.6 Å². The zero-order chi connectivity index (χ0) is 11.4. The van der Waals surface area contributed by atoms with E-state index < -0.39 is 0 Å². The predicted octanol–water partition coefficient (Wildman–Crippen LogP) is -0.133. The number of amides is 1. The van der Waals surface area contributed by atoms with Crippen molar-refractivity contribution >= 4 is 11.7 Å². The summed E-state index contributed by atoms with van der Waals surface area (Å²) in [5.74, 6) is 0.887. The highest BCUT2D eigenvalue weighted by molar-refractivity contribution is 5.81. The number of anilines is 1. The van der Waals surface area contributed by atoms with Gasteiger partial charge in [0.25, 0.3) is 0 Å². The maximum atomic E-state index is 11.4. The van der Waals surface area contributed by atoms with Gasteiger partial charge >= 0.3 is 0 Å². The maximum absolute atomic E-state index is 11.4. The molecule has 0 bridgehead atoms. The van der Waals surface area contributed by atoms with Crippen molar-refractivity contribution in [3.63, 3.8) is 0 Å². The maximum Gasteiger partial charge on any atom is 0.239 e. The fraction of sp³-hybridized carbons (Fsp3) is 0.455. The minimum atomic E-state index is 0.0532. The molecular formula is C11H16N4O. The van der Waals surface area contributed by atoms with Crippen molar-refractivity contribution in [2.24, 2.45) is 5.73 Å². The van der Waals surface area contributed by atoms with E-state index in [1.807, 2.05) is 23.1 Å². The monoisotopic (exact) mass is 220 g/mol. The van der Waals surface area contributed by atoms with E-state index in [2.05, 4.69) is 10.3 Å². The lowest BCUT2D eigenvalue weighted by Crippen LogP contribution is -2.33. The van der Waals surface area contributed by atoms with Gasteiger partial charge in [-0.3, -0.25) is 4.79 Å². The molecule has 0 spiro atoms. The molecule has 5 heteroatoms. The van der Waals surface area contributed by atoms with Gasteiger partial charge in [-0.2, -0.15) is 0 Å². The number of hydrogen-bond donors (Lipinski definition) is 2. The van der Waals surface area contributed by atoms with E-state index in [9.17, 15) is 4.79 Å². The van der Waals surface area contributed by atoms with Gasteiger partial charge in [-0.25, -0.2) is 4.98 Å². The molecule has 3 N–H and O–H groups in total. The van der Waals surface area contributed by atoms with Crippen LogP contribution in [0, 0.1) is 0 Å². The molecule has 86 valence electrons. The van der Waals surface area contributed by atoms with Crippen LogP contribution in [0.5, 0.6) is 0 Å². The number of nitrogens with one attached hydrogen (secondary N) is 1. The van der Waals surface area contributed by atoms with Crippen LogP contribution in [0.4, 0.5) is 5.82 Å². The Morgan fingerprint density at radius 1 is 1.50 bits per heavy atom. The van der Waals surface area contributed by atoms with E-state index >= 15 is 0 Å². The van der Waals surface area contributed by atoms with Crippen LogP contribution < -0.4 is 16.0 Å². The zero-order valence-electron chi connectivity index (χ0n) is 9.15. The van der Waals surface area contributed by atoms with Crippen LogP contribution in [0.2, 0.25) is 0 Å². The lowest BCUT2D eigenvalue weighted by atomic mass is 10.3. The minimum absolute atomic E-state index is 0.0532. The Balaban J connectivity index is 2.17. The fourth-order valence-electron chi connectivity index (χ4n) is 1.76. The first-order valence-electron chi connectivity index (χ1n) is 5.47. The summed E-state index contributed by atoms with van der Waals surface area (Å²) < 4.78 is 0.